The molecule has 0 unspecified atom stereocenters. The van der Waals surface area contributed by atoms with E-state index < -0.39 is 0 Å². The largest absolute Gasteiger partial charge is 0.436 e. The molecule has 0 bridgehead atoms. The van der Waals surface area contributed by atoms with Crippen molar-refractivity contribution in [2.75, 3.05) is 0 Å². The van der Waals surface area contributed by atoms with Crippen LogP contribution in [0.25, 0.3) is 55.4 Å². The summed E-state index contributed by atoms with van der Waals surface area (Å²) in [5.74, 6) is 0.540. The number of para-hydroxylation sites is 1. The number of nitrogens with one attached hydrogen (secondary N) is 1. The van der Waals surface area contributed by atoms with Crippen LogP contribution >= 0.6 is 0 Å². The molecule has 7 rings (SSSR count). The molecule has 0 spiro atoms. The number of hydrogen-bond donors (Lipinski definition) is 1. The molecular weight excluding hydrogens is 492 g/mol. The average Bonchev–Trinajstić information content (AvgIpc) is 3.66. The van der Waals surface area contributed by atoms with Gasteiger partial charge in [0.25, 0.3) is 0 Å². The van der Waals surface area contributed by atoms with E-state index in [-0.39, 0.29) is 5.41 Å². The van der Waals surface area contributed by atoms with Crippen molar-refractivity contribution in [1.29, 1.82) is 0 Å². The van der Waals surface area contributed by atoms with Gasteiger partial charge in [-0.2, -0.15) is 5.10 Å². The van der Waals surface area contributed by atoms with Crippen molar-refractivity contribution in [3.63, 3.8) is 0 Å². The van der Waals surface area contributed by atoms with Crippen LogP contribution in [0, 0.1) is 0 Å². The summed E-state index contributed by atoms with van der Waals surface area (Å²) in [7, 11) is 0. The predicted molar refractivity (Wildman–Crippen MR) is 164 cm³/mol. The Hall–Kier alpha value is -5.03. The van der Waals surface area contributed by atoms with E-state index in [2.05, 4.69) is 97.7 Å². The second-order valence-corrected chi connectivity index (χ2v) is 11.1. The maximum Gasteiger partial charge on any atom is 0.229 e. The maximum atomic E-state index is 6.43. The van der Waals surface area contributed by atoms with E-state index >= 15 is 0 Å². The lowest BCUT2D eigenvalue weighted by Gasteiger charge is -2.19. The lowest BCUT2D eigenvalue weighted by molar-refractivity contribution is 0.584. The lowest BCUT2D eigenvalue weighted by atomic mass is 9.85. The number of oxazole rings is 1. The summed E-state index contributed by atoms with van der Waals surface area (Å²) < 4.78 is 6.43. The number of H-pyrrole nitrogens is 1. The Bertz CT molecular complexity index is 2040. The SMILES string of the molecule is CC(C)(C)c1cc(-c2ccn[nH]2)c2nc(-c3ccccc3N=Cc3cc4ccccc4c4ccccc34)oc2c1. The van der Waals surface area contributed by atoms with Gasteiger partial charge in [0.2, 0.25) is 5.89 Å². The van der Waals surface area contributed by atoms with Gasteiger partial charge in [0, 0.05) is 23.5 Å². The number of aromatic amines is 1. The number of rotatable bonds is 4. The molecule has 0 amide bonds. The van der Waals surface area contributed by atoms with Gasteiger partial charge < -0.3 is 4.42 Å². The van der Waals surface area contributed by atoms with Crippen LogP contribution in [0.1, 0.15) is 31.9 Å². The van der Waals surface area contributed by atoms with Gasteiger partial charge in [0.1, 0.15) is 5.52 Å². The minimum absolute atomic E-state index is 0.0548. The predicted octanol–water partition coefficient (Wildman–Crippen LogP) is 9.24. The maximum absolute atomic E-state index is 6.43. The highest BCUT2D eigenvalue weighted by Crippen LogP contribution is 2.38. The van der Waals surface area contributed by atoms with Crippen LogP contribution in [0.5, 0.6) is 0 Å². The zero-order chi connectivity index (χ0) is 27.3. The molecule has 0 atom stereocenters. The molecule has 5 heteroatoms. The number of benzene rings is 5. The van der Waals surface area contributed by atoms with Gasteiger partial charge >= 0.3 is 0 Å². The third kappa shape index (κ3) is 4.16. The van der Waals surface area contributed by atoms with Crippen LogP contribution in [0.2, 0.25) is 0 Å². The molecule has 0 radical (unpaired) electrons. The molecule has 1 N–H and O–H groups in total. The summed E-state index contributed by atoms with van der Waals surface area (Å²) in [6, 6.07) is 33.4. The van der Waals surface area contributed by atoms with Crippen molar-refractivity contribution in [3.05, 3.63) is 114 Å². The first-order valence-electron chi connectivity index (χ1n) is 13.4. The second-order valence-electron chi connectivity index (χ2n) is 11.1. The Labute approximate surface area is 232 Å². The molecule has 0 saturated heterocycles. The van der Waals surface area contributed by atoms with Crippen molar-refractivity contribution >= 4 is 44.5 Å². The smallest absolute Gasteiger partial charge is 0.229 e. The standard InChI is InChI=1S/C35H28N4O/c1-35(2,3)24-19-29(31-16-17-37-39-31)33-32(20-24)40-34(38-33)28-14-8-9-15-30(28)36-21-23-18-22-10-4-5-11-25(22)27-13-7-6-12-26(23)27/h4-21H,1-3H3,(H,37,39). The fourth-order valence-corrected chi connectivity index (χ4v) is 5.29. The Kier molecular flexibility index (Phi) is 5.60. The minimum atomic E-state index is -0.0548. The number of nitrogens with zero attached hydrogens (tertiary/aromatic N) is 3. The highest BCUT2D eigenvalue weighted by molar-refractivity contribution is 6.14. The van der Waals surface area contributed by atoms with Crippen molar-refractivity contribution in [2.45, 2.75) is 26.2 Å². The van der Waals surface area contributed by atoms with E-state index in [0.29, 0.717) is 5.89 Å². The van der Waals surface area contributed by atoms with Gasteiger partial charge in [-0.05, 0) is 68.9 Å². The molecule has 2 aromatic heterocycles. The highest BCUT2D eigenvalue weighted by atomic mass is 16.3. The molecule has 194 valence electrons. The first-order valence-corrected chi connectivity index (χ1v) is 13.4. The fourth-order valence-electron chi connectivity index (χ4n) is 5.29. The molecule has 0 aliphatic heterocycles. The number of hydrogen-bond acceptors (Lipinski definition) is 4. The number of aliphatic imine (C=N–C) groups is 1. The van der Waals surface area contributed by atoms with Gasteiger partial charge in [0.15, 0.2) is 5.58 Å². The Morgan fingerprint density at radius 1 is 0.775 bits per heavy atom. The summed E-state index contributed by atoms with van der Waals surface area (Å²) in [5, 5.41) is 12.1. The normalized spacial score (nSPS) is 12.3. The first kappa shape index (κ1) is 24.0. The number of aromatic nitrogens is 3. The van der Waals surface area contributed by atoms with Crippen LogP contribution in [-0.2, 0) is 5.41 Å². The molecule has 0 aliphatic rings. The van der Waals surface area contributed by atoms with E-state index in [9.17, 15) is 0 Å². The second kappa shape index (κ2) is 9.31. The molecular formula is C35H28N4O. The zero-order valence-electron chi connectivity index (χ0n) is 22.6. The summed E-state index contributed by atoms with van der Waals surface area (Å²) in [4.78, 5) is 9.95. The summed E-state index contributed by atoms with van der Waals surface area (Å²) in [6.07, 6.45) is 3.70. The topological polar surface area (TPSA) is 67.1 Å². The van der Waals surface area contributed by atoms with Crippen molar-refractivity contribution in [2.24, 2.45) is 4.99 Å². The summed E-state index contributed by atoms with van der Waals surface area (Å²) in [5.41, 5.74) is 7.24. The molecule has 0 fully saturated rings. The molecule has 5 nitrogen and oxygen atoms in total. The molecule has 0 aliphatic carbocycles. The molecule has 5 aromatic carbocycles. The third-order valence-corrected chi connectivity index (χ3v) is 7.43. The third-order valence-electron chi connectivity index (χ3n) is 7.43. The Morgan fingerprint density at radius 3 is 2.33 bits per heavy atom. The first-order chi connectivity index (χ1) is 19.5. The van der Waals surface area contributed by atoms with Crippen molar-refractivity contribution < 1.29 is 4.42 Å². The van der Waals surface area contributed by atoms with Crippen LogP contribution < -0.4 is 0 Å². The zero-order valence-corrected chi connectivity index (χ0v) is 22.6. The van der Waals surface area contributed by atoms with E-state index in [4.69, 9.17) is 14.4 Å². The van der Waals surface area contributed by atoms with Gasteiger partial charge in [-0.15, -0.1) is 0 Å². The minimum Gasteiger partial charge on any atom is -0.436 e. The quantitative estimate of drug-likeness (QED) is 0.186. The van der Waals surface area contributed by atoms with Crippen LogP contribution in [0.3, 0.4) is 0 Å². The van der Waals surface area contributed by atoms with Crippen LogP contribution in [-0.4, -0.2) is 21.4 Å². The van der Waals surface area contributed by atoms with Crippen molar-refractivity contribution in [1.82, 2.24) is 15.2 Å². The van der Waals surface area contributed by atoms with E-state index in [1.165, 1.54) is 27.1 Å². The van der Waals surface area contributed by atoms with Gasteiger partial charge in [0.05, 0.1) is 16.9 Å². The highest BCUT2D eigenvalue weighted by Gasteiger charge is 2.21. The van der Waals surface area contributed by atoms with E-state index in [1.807, 2.05) is 36.5 Å². The molecule has 0 saturated carbocycles. The number of fused-ring (bicyclic) bond motifs is 4. The van der Waals surface area contributed by atoms with Crippen LogP contribution in [0.4, 0.5) is 5.69 Å². The van der Waals surface area contributed by atoms with Crippen LogP contribution in [0.15, 0.2) is 113 Å². The van der Waals surface area contributed by atoms with Gasteiger partial charge in [-0.25, -0.2) is 4.98 Å². The van der Waals surface area contributed by atoms with Gasteiger partial charge in [-0.3, -0.25) is 10.1 Å². The summed E-state index contributed by atoms with van der Waals surface area (Å²) in [6.45, 7) is 6.59. The van der Waals surface area contributed by atoms with E-state index in [1.54, 1.807) is 6.20 Å². The molecule has 2 heterocycles. The lowest BCUT2D eigenvalue weighted by Crippen LogP contribution is -2.11. The molecule has 40 heavy (non-hydrogen) atoms. The Balaban J connectivity index is 1.36. The van der Waals surface area contributed by atoms with Gasteiger partial charge in [-0.1, -0.05) is 81.4 Å². The van der Waals surface area contributed by atoms with E-state index in [0.717, 1.165) is 39.2 Å². The monoisotopic (exact) mass is 520 g/mol. The average molecular weight is 521 g/mol. The molecule has 7 aromatic rings. The summed E-state index contributed by atoms with van der Waals surface area (Å²) >= 11 is 0. The Morgan fingerprint density at radius 2 is 1.52 bits per heavy atom. The van der Waals surface area contributed by atoms with Crippen molar-refractivity contribution in [3.8, 4) is 22.7 Å². The fraction of sp³-hybridized carbons (Fsp3) is 0.114.